The molecule has 0 saturated carbocycles. The lowest BCUT2D eigenvalue weighted by atomic mass is 10.0. The van der Waals surface area contributed by atoms with E-state index in [-0.39, 0.29) is 11.5 Å². The van der Waals surface area contributed by atoms with Gasteiger partial charge in [0.15, 0.2) is 0 Å². The van der Waals surface area contributed by atoms with E-state index in [4.69, 9.17) is 27.9 Å². The molecule has 0 aliphatic carbocycles. The molecular formula is C14H12Cl2OS. The summed E-state index contributed by atoms with van der Waals surface area (Å²) in [6, 6.07) is 10.1. The van der Waals surface area contributed by atoms with Gasteiger partial charge in [-0.1, -0.05) is 23.7 Å². The van der Waals surface area contributed by atoms with Gasteiger partial charge in [0.2, 0.25) is 0 Å². The molecule has 2 atom stereocenters. The highest BCUT2D eigenvalue weighted by molar-refractivity contribution is 7.16. The molecular weight excluding hydrogens is 287 g/mol. The van der Waals surface area contributed by atoms with Crippen molar-refractivity contribution in [3.05, 3.63) is 50.7 Å². The molecule has 0 amide bonds. The molecule has 0 spiro atoms. The second-order valence-corrected chi connectivity index (χ2v) is 6.69. The second kappa shape index (κ2) is 4.76. The van der Waals surface area contributed by atoms with Gasteiger partial charge in [0, 0.05) is 11.3 Å². The zero-order chi connectivity index (χ0) is 12.7. The number of thiophene rings is 1. The molecule has 1 aliphatic rings. The van der Waals surface area contributed by atoms with Crippen LogP contribution in [0.1, 0.15) is 28.3 Å². The van der Waals surface area contributed by atoms with Gasteiger partial charge in [-0.2, -0.15) is 0 Å². The van der Waals surface area contributed by atoms with Gasteiger partial charge < -0.3 is 4.74 Å². The second-order valence-electron chi connectivity index (χ2n) is 4.50. The van der Waals surface area contributed by atoms with E-state index in [1.807, 2.05) is 24.3 Å². The molecule has 1 aromatic carbocycles. The van der Waals surface area contributed by atoms with Crippen LogP contribution in [0.5, 0.6) is 5.75 Å². The molecule has 0 fully saturated rings. The number of ether oxygens (including phenoxy) is 1. The number of hydrogen-bond acceptors (Lipinski definition) is 2. The molecule has 0 saturated heterocycles. The van der Waals surface area contributed by atoms with E-state index < -0.39 is 0 Å². The number of alkyl halides is 1. The Bertz CT molecular complexity index is 579. The summed E-state index contributed by atoms with van der Waals surface area (Å²) in [6.45, 7) is 2.08. The molecule has 1 nitrogen and oxygen atoms in total. The van der Waals surface area contributed by atoms with Crippen LogP contribution in [0.2, 0.25) is 4.34 Å². The van der Waals surface area contributed by atoms with Crippen molar-refractivity contribution in [2.24, 2.45) is 0 Å². The number of halogens is 2. The SMILES string of the molecule is CC1Cc2cc(C(Cl)c3ccc(Cl)s3)ccc2O1. The van der Waals surface area contributed by atoms with Crippen LogP contribution in [0.3, 0.4) is 0 Å². The van der Waals surface area contributed by atoms with E-state index in [1.54, 1.807) is 0 Å². The minimum atomic E-state index is -0.135. The quantitative estimate of drug-likeness (QED) is 0.705. The Hall–Kier alpha value is -0.700. The standard InChI is InChI=1S/C14H12Cl2OS/c1-8-6-10-7-9(2-3-11(10)17-8)14(16)12-4-5-13(15)18-12/h2-5,7-8,14H,6H2,1H3. The first-order valence-corrected chi connectivity index (χ1v) is 7.45. The van der Waals surface area contributed by atoms with Crippen molar-refractivity contribution in [1.29, 1.82) is 0 Å². The van der Waals surface area contributed by atoms with Crippen LogP contribution in [-0.4, -0.2) is 6.10 Å². The smallest absolute Gasteiger partial charge is 0.123 e. The maximum absolute atomic E-state index is 6.49. The molecule has 2 aromatic rings. The molecule has 0 radical (unpaired) electrons. The minimum Gasteiger partial charge on any atom is -0.490 e. The van der Waals surface area contributed by atoms with Gasteiger partial charge in [0.25, 0.3) is 0 Å². The number of hydrogen-bond donors (Lipinski definition) is 0. The predicted molar refractivity (Wildman–Crippen MR) is 77.3 cm³/mol. The Morgan fingerprint density at radius 2 is 2.17 bits per heavy atom. The van der Waals surface area contributed by atoms with E-state index in [0.29, 0.717) is 0 Å². The fraction of sp³-hybridized carbons (Fsp3) is 0.286. The Labute approximate surface area is 120 Å². The van der Waals surface area contributed by atoms with Crippen molar-refractivity contribution in [3.63, 3.8) is 0 Å². The average molecular weight is 299 g/mol. The summed E-state index contributed by atoms with van der Waals surface area (Å²) in [5, 5.41) is -0.135. The lowest BCUT2D eigenvalue weighted by molar-refractivity contribution is 0.254. The summed E-state index contributed by atoms with van der Waals surface area (Å²) < 4.78 is 6.46. The minimum absolute atomic E-state index is 0.135. The van der Waals surface area contributed by atoms with Crippen molar-refractivity contribution in [2.45, 2.75) is 24.8 Å². The van der Waals surface area contributed by atoms with Crippen molar-refractivity contribution >= 4 is 34.5 Å². The first-order chi connectivity index (χ1) is 8.63. The molecule has 1 aliphatic heterocycles. The van der Waals surface area contributed by atoms with E-state index in [2.05, 4.69) is 13.0 Å². The largest absolute Gasteiger partial charge is 0.490 e. The molecule has 18 heavy (non-hydrogen) atoms. The Morgan fingerprint density at radius 3 is 2.89 bits per heavy atom. The van der Waals surface area contributed by atoms with Gasteiger partial charge in [-0.3, -0.25) is 0 Å². The normalized spacial score (nSPS) is 19.4. The zero-order valence-corrected chi connectivity index (χ0v) is 12.1. The van der Waals surface area contributed by atoms with Gasteiger partial charge in [-0.05, 0) is 36.2 Å². The first kappa shape index (κ1) is 12.3. The van der Waals surface area contributed by atoms with Gasteiger partial charge >= 0.3 is 0 Å². The monoisotopic (exact) mass is 298 g/mol. The Balaban J connectivity index is 1.91. The summed E-state index contributed by atoms with van der Waals surface area (Å²) in [6.07, 6.45) is 1.22. The van der Waals surface area contributed by atoms with Crippen LogP contribution in [0.25, 0.3) is 0 Å². The highest BCUT2D eigenvalue weighted by Crippen LogP contribution is 2.38. The van der Waals surface area contributed by atoms with Crippen molar-refractivity contribution in [1.82, 2.24) is 0 Å². The van der Waals surface area contributed by atoms with Crippen LogP contribution >= 0.6 is 34.5 Å². The summed E-state index contributed by atoms with van der Waals surface area (Å²) >= 11 is 14.0. The summed E-state index contributed by atoms with van der Waals surface area (Å²) in [5.41, 5.74) is 2.35. The average Bonchev–Trinajstić information content (AvgIpc) is 2.92. The molecule has 94 valence electrons. The van der Waals surface area contributed by atoms with E-state index >= 15 is 0 Å². The maximum Gasteiger partial charge on any atom is 0.123 e. The fourth-order valence-electron chi connectivity index (χ4n) is 2.23. The number of rotatable bonds is 2. The van der Waals surface area contributed by atoms with Crippen molar-refractivity contribution in [2.75, 3.05) is 0 Å². The van der Waals surface area contributed by atoms with Gasteiger partial charge in [0.1, 0.15) is 11.9 Å². The summed E-state index contributed by atoms with van der Waals surface area (Å²) in [5.74, 6) is 0.985. The van der Waals surface area contributed by atoms with Crippen LogP contribution in [0.15, 0.2) is 30.3 Å². The summed E-state index contributed by atoms with van der Waals surface area (Å²) in [7, 11) is 0. The third kappa shape index (κ3) is 2.25. The topological polar surface area (TPSA) is 9.23 Å². The Kier molecular flexibility index (Phi) is 3.27. The zero-order valence-electron chi connectivity index (χ0n) is 9.82. The van der Waals surface area contributed by atoms with Crippen LogP contribution in [0, 0.1) is 0 Å². The Morgan fingerprint density at radius 1 is 1.33 bits per heavy atom. The van der Waals surface area contributed by atoms with Gasteiger partial charge in [0.05, 0.1) is 9.71 Å². The van der Waals surface area contributed by atoms with Crippen LogP contribution in [-0.2, 0) is 6.42 Å². The molecule has 0 bridgehead atoms. The molecule has 4 heteroatoms. The van der Waals surface area contributed by atoms with Gasteiger partial charge in [-0.15, -0.1) is 22.9 Å². The lowest BCUT2D eigenvalue weighted by Crippen LogP contribution is -2.05. The number of benzene rings is 1. The number of fused-ring (bicyclic) bond motifs is 1. The lowest BCUT2D eigenvalue weighted by Gasteiger charge is -2.09. The van der Waals surface area contributed by atoms with Crippen molar-refractivity contribution in [3.8, 4) is 5.75 Å². The van der Waals surface area contributed by atoms with E-state index in [9.17, 15) is 0 Å². The third-order valence-corrected chi connectivity index (χ3v) is 4.97. The molecule has 2 unspecified atom stereocenters. The van der Waals surface area contributed by atoms with Crippen molar-refractivity contribution < 1.29 is 4.74 Å². The highest BCUT2D eigenvalue weighted by atomic mass is 35.5. The predicted octanol–water partition coefficient (Wildman–Crippen LogP) is 5.05. The molecule has 1 aromatic heterocycles. The van der Waals surface area contributed by atoms with Crippen LogP contribution in [0.4, 0.5) is 0 Å². The first-order valence-electron chi connectivity index (χ1n) is 5.82. The molecule has 2 heterocycles. The highest BCUT2D eigenvalue weighted by Gasteiger charge is 2.21. The molecule has 0 N–H and O–H groups in total. The third-order valence-electron chi connectivity index (χ3n) is 3.06. The molecule has 3 rings (SSSR count). The summed E-state index contributed by atoms with van der Waals surface area (Å²) in [4.78, 5) is 1.08. The van der Waals surface area contributed by atoms with E-state index in [1.165, 1.54) is 16.9 Å². The fourth-order valence-corrected chi connectivity index (χ4v) is 3.64. The maximum atomic E-state index is 6.49. The van der Waals surface area contributed by atoms with Gasteiger partial charge in [-0.25, -0.2) is 0 Å². The van der Waals surface area contributed by atoms with E-state index in [0.717, 1.165) is 26.9 Å². The van der Waals surface area contributed by atoms with Crippen LogP contribution < -0.4 is 4.74 Å².